The Kier molecular flexibility index (Phi) is 1.62. The molecule has 0 atom stereocenters. The van der Waals surface area contributed by atoms with E-state index >= 15 is 0 Å². The molecule has 0 aromatic carbocycles. The third-order valence-electron chi connectivity index (χ3n) is 3.18. The summed E-state index contributed by atoms with van der Waals surface area (Å²) in [5.41, 5.74) is 8.60. The summed E-state index contributed by atoms with van der Waals surface area (Å²) in [5, 5.41) is 4.61. The van der Waals surface area contributed by atoms with Crippen molar-refractivity contribution in [2.75, 3.05) is 19.3 Å². The maximum absolute atomic E-state index is 6.10. The monoisotopic (exact) mass is 192 g/mol. The summed E-state index contributed by atoms with van der Waals surface area (Å²) >= 11 is 0. The van der Waals surface area contributed by atoms with Gasteiger partial charge >= 0.3 is 0 Å². The van der Waals surface area contributed by atoms with Crippen LogP contribution < -0.4 is 5.73 Å². The average Bonchev–Trinajstić information content (AvgIpc) is 2.95. The van der Waals surface area contributed by atoms with Crippen molar-refractivity contribution in [3.63, 3.8) is 0 Å². The SMILES string of the molecule is CN1CCc2nn(C3CC3)c(N)c2C1. The minimum absolute atomic E-state index is 0.603. The Labute approximate surface area is 83.7 Å². The summed E-state index contributed by atoms with van der Waals surface area (Å²) in [6, 6.07) is 0.603. The molecule has 0 radical (unpaired) electrons. The first-order valence-corrected chi connectivity index (χ1v) is 5.30. The van der Waals surface area contributed by atoms with Crippen molar-refractivity contribution in [1.29, 1.82) is 0 Å². The molecule has 1 saturated carbocycles. The van der Waals surface area contributed by atoms with Crippen LogP contribution in [0.3, 0.4) is 0 Å². The zero-order valence-electron chi connectivity index (χ0n) is 8.53. The van der Waals surface area contributed by atoms with Crippen LogP contribution in [0.4, 0.5) is 5.82 Å². The van der Waals surface area contributed by atoms with Crippen molar-refractivity contribution in [2.24, 2.45) is 0 Å². The van der Waals surface area contributed by atoms with E-state index in [0.29, 0.717) is 6.04 Å². The van der Waals surface area contributed by atoms with Gasteiger partial charge in [-0.15, -0.1) is 0 Å². The number of nitrogens with two attached hydrogens (primary N) is 1. The Morgan fingerprint density at radius 3 is 2.93 bits per heavy atom. The number of nitrogen functional groups attached to an aromatic ring is 1. The lowest BCUT2D eigenvalue weighted by atomic mass is 10.1. The third kappa shape index (κ3) is 1.14. The fraction of sp³-hybridized carbons (Fsp3) is 0.700. The van der Waals surface area contributed by atoms with E-state index in [0.717, 1.165) is 25.3 Å². The van der Waals surface area contributed by atoms with Crippen LogP contribution in [0.1, 0.15) is 30.1 Å². The van der Waals surface area contributed by atoms with Gasteiger partial charge in [0.25, 0.3) is 0 Å². The van der Waals surface area contributed by atoms with Crippen LogP contribution in [-0.4, -0.2) is 28.3 Å². The molecule has 1 aliphatic heterocycles. The lowest BCUT2D eigenvalue weighted by Gasteiger charge is -2.21. The molecule has 2 N–H and O–H groups in total. The topological polar surface area (TPSA) is 47.1 Å². The van der Waals surface area contributed by atoms with Crippen LogP contribution in [0.15, 0.2) is 0 Å². The molecular weight excluding hydrogens is 176 g/mol. The van der Waals surface area contributed by atoms with Crippen molar-refractivity contribution in [3.8, 4) is 0 Å². The first-order valence-electron chi connectivity index (χ1n) is 5.30. The van der Waals surface area contributed by atoms with E-state index in [4.69, 9.17) is 5.73 Å². The second kappa shape index (κ2) is 2.73. The summed E-state index contributed by atoms with van der Waals surface area (Å²) < 4.78 is 2.05. The normalized spacial score (nSPS) is 22.4. The molecule has 2 aliphatic rings. The van der Waals surface area contributed by atoms with Gasteiger partial charge in [0.05, 0.1) is 11.7 Å². The molecule has 1 aliphatic carbocycles. The first-order chi connectivity index (χ1) is 6.75. The van der Waals surface area contributed by atoms with E-state index in [9.17, 15) is 0 Å². The molecule has 1 aromatic heterocycles. The highest BCUT2D eigenvalue weighted by Crippen LogP contribution is 2.38. The predicted octanol–water partition coefficient (Wildman–Crippen LogP) is 0.788. The van der Waals surface area contributed by atoms with Crippen molar-refractivity contribution in [3.05, 3.63) is 11.3 Å². The van der Waals surface area contributed by atoms with E-state index in [1.54, 1.807) is 0 Å². The van der Waals surface area contributed by atoms with Gasteiger partial charge in [-0.3, -0.25) is 0 Å². The van der Waals surface area contributed by atoms with Crippen molar-refractivity contribution in [1.82, 2.24) is 14.7 Å². The molecule has 4 nitrogen and oxygen atoms in total. The van der Waals surface area contributed by atoms with E-state index in [-0.39, 0.29) is 0 Å². The number of rotatable bonds is 1. The second-order valence-electron chi connectivity index (χ2n) is 4.47. The van der Waals surface area contributed by atoms with Gasteiger partial charge in [0, 0.05) is 25.1 Å². The molecule has 0 spiro atoms. The molecule has 1 fully saturated rings. The molecule has 1 aromatic rings. The smallest absolute Gasteiger partial charge is 0.126 e. The van der Waals surface area contributed by atoms with E-state index in [2.05, 4.69) is 17.0 Å². The number of nitrogens with zero attached hydrogens (tertiary/aromatic N) is 3. The molecular formula is C10H16N4. The van der Waals surface area contributed by atoms with Crippen LogP contribution in [0.2, 0.25) is 0 Å². The Morgan fingerprint density at radius 1 is 1.43 bits per heavy atom. The highest BCUT2D eigenvalue weighted by molar-refractivity contribution is 5.45. The highest BCUT2D eigenvalue weighted by Gasteiger charge is 2.30. The van der Waals surface area contributed by atoms with Crippen LogP contribution >= 0.6 is 0 Å². The molecule has 3 rings (SSSR count). The van der Waals surface area contributed by atoms with E-state index in [1.165, 1.54) is 24.1 Å². The summed E-state index contributed by atoms with van der Waals surface area (Å²) in [6.45, 7) is 2.07. The number of aromatic nitrogens is 2. The van der Waals surface area contributed by atoms with Crippen molar-refractivity contribution >= 4 is 5.82 Å². The lowest BCUT2D eigenvalue weighted by molar-refractivity contribution is 0.312. The van der Waals surface area contributed by atoms with E-state index in [1.807, 2.05) is 4.68 Å². The summed E-state index contributed by atoms with van der Waals surface area (Å²) in [7, 11) is 2.14. The van der Waals surface area contributed by atoms with Crippen molar-refractivity contribution in [2.45, 2.75) is 31.8 Å². The van der Waals surface area contributed by atoms with Gasteiger partial charge in [-0.2, -0.15) is 5.10 Å². The fourth-order valence-electron chi connectivity index (χ4n) is 2.15. The lowest BCUT2D eigenvalue weighted by Crippen LogP contribution is -2.26. The zero-order chi connectivity index (χ0) is 9.71. The van der Waals surface area contributed by atoms with Gasteiger partial charge in [0.1, 0.15) is 5.82 Å². The van der Waals surface area contributed by atoms with Crippen LogP contribution in [-0.2, 0) is 13.0 Å². The largest absolute Gasteiger partial charge is 0.384 e. The number of likely N-dealkylation sites (N-methyl/N-ethyl adjacent to an activating group) is 1. The fourth-order valence-corrected chi connectivity index (χ4v) is 2.15. The quantitative estimate of drug-likeness (QED) is 0.715. The molecule has 0 amide bonds. The van der Waals surface area contributed by atoms with Gasteiger partial charge in [-0.1, -0.05) is 0 Å². The summed E-state index contributed by atoms with van der Waals surface area (Å²) in [6.07, 6.45) is 3.55. The predicted molar refractivity (Wildman–Crippen MR) is 54.9 cm³/mol. The standard InChI is InChI=1S/C10H16N4/c1-13-5-4-9-8(6-13)10(11)14(12-9)7-2-3-7/h7H,2-6,11H2,1H3. The maximum Gasteiger partial charge on any atom is 0.126 e. The minimum atomic E-state index is 0.603. The van der Waals surface area contributed by atoms with Gasteiger partial charge in [-0.05, 0) is 19.9 Å². The Bertz CT molecular complexity index is 364. The Hall–Kier alpha value is -1.03. The number of anilines is 1. The Morgan fingerprint density at radius 2 is 2.21 bits per heavy atom. The van der Waals surface area contributed by atoms with Crippen molar-refractivity contribution < 1.29 is 0 Å². The van der Waals surface area contributed by atoms with Crippen LogP contribution in [0.5, 0.6) is 0 Å². The second-order valence-corrected chi connectivity index (χ2v) is 4.47. The van der Waals surface area contributed by atoms with Gasteiger partial charge < -0.3 is 10.6 Å². The molecule has 0 unspecified atom stereocenters. The van der Waals surface area contributed by atoms with Crippen LogP contribution in [0, 0.1) is 0 Å². The summed E-state index contributed by atoms with van der Waals surface area (Å²) in [4.78, 5) is 2.30. The Balaban J connectivity index is 2.02. The molecule has 0 bridgehead atoms. The molecule has 0 saturated heterocycles. The van der Waals surface area contributed by atoms with E-state index < -0.39 is 0 Å². The minimum Gasteiger partial charge on any atom is -0.384 e. The average molecular weight is 192 g/mol. The van der Waals surface area contributed by atoms with Gasteiger partial charge in [0.15, 0.2) is 0 Å². The molecule has 2 heterocycles. The molecule has 76 valence electrons. The van der Waals surface area contributed by atoms with Gasteiger partial charge in [-0.25, -0.2) is 4.68 Å². The first kappa shape index (κ1) is 8.29. The van der Waals surface area contributed by atoms with Gasteiger partial charge in [0.2, 0.25) is 0 Å². The highest BCUT2D eigenvalue weighted by atomic mass is 15.4. The number of hydrogen-bond acceptors (Lipinski definition) is 3. The third-order valence-corrected chi connectivity index (χ3v) is 3.18. The molecule has 4 heteroatoms. The number of fused-ring (bicyclic) bond motifs is 1. The maximum atomic E-state index is 6.10. The molecule has 14 heavy (non-hydrogen) atoms. The van der Waals surface area contributed by atoms with Crippen LogP contribution in [0.25, 0.3) is 0 Å². The summed E-state index contributed by atoms with van der Waals surface area (Å²) in [5.74, 6) is 0.911. The zero-order valence-corrected chi connectivity index (χ0v) is 8.53. The number of hydrogen-bond donors (Lipinski definition) is 1.